The van der Waals surface area contributed by atoms with Crippen molar-refractivity contribution in [2.75, 3.05) is 18.1 Å². The molecule has 0 radical (unpaired) electrons. The van der Waals surface area contributed by atoms with Crippen molar-refractivity contribution >= 4 is 11.8 Å². The summed E-state index contributed by atoms with van der Waals surface area (Å²) in [6.45, 7) is 2.45. The molecule has 1 atom stereocenters. The number of unbranched alkanes of at least 4 members (excludes halogenated alkanes) is 2. The Balaban J connectivity index is 2.90. The number of thioether (sulfide) groups is 1. The van der Waals surface area contributed by atoms with Gasteiger partial charge in [-0.2, -0.15) is 11.8 Å². The Hall–Kier alpha value is 0.270. The summed E-state index contributed by atoms with van der Waals surface area (Å²) in [6, 6.07) is 0.368. The highest BCUT2D eigenvalue weighted by atomic mass is 32.2. The van der Waals surface area contributed by atoms with Crippen LogP contribution < -0.4 is 5.73 Å². The maximum absolute atomic E-state index is 8.52. The minimum atomic E-state index is 0.332. The third-order valence-electron chi connectivity index (χ3n) is 1.80. The molecular weight excluding hydrogens is 170 g/mol. The van der Waals surface area contributed by atoms with Crippen LogP contribution in [0.25, 0.3) is 0 Å². The van der Waals surface area contributed by atoms with Gasteiger partial charge in [0.2, 0.25) is 0 Å². The van der Waals surface area contributed by atoms with E-state index in [1.807, 2.05) is 11.8 Å². The van der Waals surface area contributed by atoms with Crippen LogP contribution >= 0.6 is 11.8 Å². The van der Waals surface area contributed by atoms with E-state index in [9.17, 15) is 0 Å². The molecule has 12 heavy (non-hydrogen) atoms. The van der Waals surface area contributed by atoms with Gasteiger partial charge in [0.15, 0.2) is 0 Å². The fourth-order valence-corrected chi connectivity index (χ4v) is 1.96. The van der Waals surface area contributed by atoms with Gasteiger partial charge in [0.1, 0.15) is 0 Å². The van der Waals surface area contributed by atoms with Crippen molar-refractivity contribution in [3.05, 3.63) is 0 Å². The number of hydrogen-bond acceptors (Lipinski definition) is 3. The van der Waals surface area contributed by atoms with E-state index in [1.54, 1.807) is 0 Å². The second-order valence-corrected chi connectivity index (χ2v) is 4.18. The van der Waals surface area contributed by atoms with Crippen molar-refractivity contribution in [1.29, 1.82) is 0 Å². The van der Waals surface area contributed by atoms with Crippen LogP contribution in [0.5, 0.6) is 0 Å². The van der Waals surface area contributed by atoms with Crippen LogP contribution in [-0.2, 0) is 0 Å². The third-order valence-corrected chi connectivity index (χ3v) is 3.04. The first-order valence-corrected chi connectivity index (χ1v) is 5.91. The molecule has 3 heteroatoms. The van der Waals surface area contributed by atoms with E-state index in [2.05, 4.69) is 6.92 Å². The molecule has 1 unspecified atom stereocenters. The highest BCUT2D eigenvalue weighted by Crippen LogP contribution is 2.07. The minimum absolute atomic E-state index is 0.332. The van der Waals surface area contributed by atoms with E-state index in [4.69, 9.17) is 10.8 Å². The van der Waals surface area contributed by atoms with Crippen molar-refractivity contribution in [1.82, 2.24) is 0 Å². The number of hydrogen-bond donors (Lipinski definition) is 2. The molecule has 0 spiro atoms. The molecule has 0 saturated heterocycles. The molecule has 2 nitrogen and oxygen atoms in total. The lowest BCUT2D eigenvalue weighted by Gasteiger charge is -2.07. The monoisotopic (exact) mass is 191 g/mol. The van der Waals surface area contributed by atoms with E-state index in [0.717, 1.165) is 25.0 Å². The van der Waals surface area contributed by atoms with Gasteiger partial charge in [-0.15, -0.1) is 0 Å². The van der Waals surface area contributed by atoms with Crippen LogP contribution in [-0.4, -0.2) is 29.3 Å². The van der Waals surface area contributed by atoms with Crippen molar-refractivity contribution in [2.45, 2.75) is 38.6 Å². The zero-order valence-corrected chi connectivity index (χ0v) is 8.78. The molecule has 0 aliphatic heterocycles. The van der Waals surface area contributed by atoms with Gasteiger partial charge in [-0.05, 0) is 25.0 Å². The predicted molar refractivity (Wildman–Crippen MR) is 56.5 cm³/mol. The van der Waals surface area contributed by atoms with Crippen LogP contribution in [0.1, 0.15) is 32.6 Å². The first-order valence-electron chi connectivity index (χ1n) is 4.75. The molecule has 0 fully saturated rings. The van der Waals surface area contributed by atoms with Gasteiger partial charge in [0.25, 0.3) is 0 Å². The minimum Gasteiger partial charge on any atom is -0.396 e. The molecule has 0 aromatic rings. The van der Waals surface area contributed by atoms with Crippen molar-refractivity contribution in [2.24, 2.45) is 5.73 Å². The fraction of sp³-hybridized carbons (Fsp3) is 1.00. The van der Waals surface area contributed by atoms with Crippen LogP contribution in [0, 0.1) is 0 Å². The predicted octanol–water partition coefficient (Wildman–Crippen LogP) is 1.62. The summed E-state index contributed by atoms with van der Waals surface area (Å²) in [5, 5.41) is 8.52. The molecule has 0 aromatic carbocycles. The normalized spacial score (nSPS) is 13.2. The van der Waals surface area contributed by atoms with E-state index < -0.39 is 0 Å². The van der Waals surface area contributed by atoms with Crippen LogP contribution in [0.3, 0.4) is 0 Å². The highest BCUT2D eigenvalue weighted by Gasteiger charge is 1.97. The molecule has 0 aliphatic rings. The summed E-state index contributed by atoms with van der Waals surface area (Å²) in [4.78, 5) is 0. The van der Waals surface area contributed by atoms with Gasteiger partial charge in [-0.1, -0.05) is 13.3 Å². The van der Waals surface area contributed by atoms with Crippen LogP contribution in [0.15, 0.2) is 0 Å². The molecule has 0 aromatic heterocycles. The molecular formula is C9H21NOS. The number of aliphatic hydroxyl groups is 1. The maximum Gasteiger partial charge on any atom is 0.0431 e. The van der Waals surface area contributed by atoms with Crippen LogP contribution in [0.4, 0.5) is 0 Å². The molecule has 0 rings (SSSR count). The smallest absolute Gasteiger partial charge is 0.0431 e. The number of aliphatic hydroxyl groups excluding tert-OH is 1. The van der Waals surface area contributed by atoms with Gasteiger partial charge in [0, 0.05) is 18.4 Å². The Morgan fingerprint density at radius 2 is 2.08 bits per heavy atom. The van der Waals surface area contributed by atoms with E-state index in [0.29, 0.717) is 12.6 Å². The van der Waals surface area contributed by atoms with Gasteiger partial charge in [-0.25, -0.2) is 0 Å². The summed E-state index contributed by atoms with van der Waals surface area (Å²) < 4.78 is 0. The molecule has 0 bridgehead atoms. The van der Waals surface area contributed by atoms with E-state index in [1.165, 1.54) is 12.2 Å². The standard InChI is InChI=1S/C9H21NOS/c1-2-9(10)8-12-7-5-3-4-6-11/h9,11H,2-8,10H2,1H3. The quantitative estimate of drug-likeness (QED) is 0.573. The molecule has 0 saturated carbocycles. The number of rotatable bonds is 8. The average molecular weight is 191 g/mol. The largest absolute Gasteiger partial charge is 0.396 e. The lowest BCUT2D eigenvalue weighted by molar-refractivity contribution is 0.284. The van der Waals surface area contributed by atoms with Crippen molar-refractivity contribution in [3.63, 3.8) is 0 Å². The summed E-state index contributed by atoms with van der Waals surface area (Å²) in [6.07, 6.45) is 4.37. The highest BCUT2D eigenvalue weighted by molar-refractivity contribution is 7.99. The van der Waals surface area contributed by atoms with Gasteiger partial charge >= 0.3 is 0 Å². The lowest BCUT2D eigenvalue weighted by atomic mass is 10.3. The molecule has 74 valence electrons. The summed E-state index contributed by atoms with van der Waals surface area (Å²) in [5.41, 5.74) is 5.75. The summed E-state index contributed by atoms with van der Waals surface area (Å²) >= 11 is 1.93. The maximum atomic E-state index is 8.52. The average Bonchev–Trinajstić information content (AvgIpc) is 2.10. The number of nitrogens with two attached hydrogens (primary N) is 1. The Bertz CT molecular complexity index is 90.6. The second-order valence-electron chi connectivity index (χ2n) is 3.03. The lowest BCUT2D eigenvalue weighted by Crippen LogP contribution is -2.21. The first kappa shape index (κ1) is 12.3. The van der Waals surface area contributed by atoms with Crippen molar-refractivity contribution < 1.29 is 5.11 Å². The SMILES string of the molecule is CCC(N)CSCCCCCO. The zero-order chi connectivity index (χ0) is 9.23. The summed E-state index contributed by atoms with van der Waals surface area (Å²) in [7, 11) is 0. The summed E-state index contributed by atoms with van der Waals surface area (Å²) in [5.74, 6) is 2.27. The third kappa shape index (κ3) is 8.37. The molecule has 0 amide bonds. The van der Waals surface area contributed by atoms with E-state index in [-0.39, 0.29) is 0 Å². The van der Waals surface area contributed by atoms with Crippen molar-refractivity contribution in [3.8, 4) is 0 Å². The van der Waals surface area contributed by atoms with Gasteiger partial charge < -0.3 is 10.8 Å². The topological polar surface area (TPSA) is 46.2 Å². The molecule has 0 heterocycles. The Kier molecular flexibility index (Phi) is 9.57. The Morgan fingerprint density at radius 1 is 1.33 bits per heavy atom. The zero-order valence-electron chi connectivity index (χ0n) is 7.96. The van der Waals surface area contributed by atoms with Gasteiger partial charge in [-0.3, -0.25) is 0 Å². The van der Waals surface area contributed by atoms with Crippen LogP contribution in [0.2, 0.25) is 0 Å². The Labute approximate surface area is 79.9 Å². The van der Waals surface area contributed by atoms with E-state index >= 15 is 0 Å². The van der Waals surface area contributed by atoms with Gasteiger partial charge in [0.05, 0.1) is 0 Å². The Morgan fingerprint density at radius 3 is 2.67 bits per heavy atom. The first-order chi connectivity index (χ1) is 5.81. The molecule has 3 N–H and O–H groups in total. The fourth-order valence-electron chi connectivity index (χ4n) is 0.845. The second kappa shape index (κ2) is 9.36. The molecule has 0 aliphatic carbocycles.